The van der Waals surface area contributed by atoms with Crippen LogP contribution in [0.4, 0.5) is 17.1 Å². The zero-order chi connectivity index (χ0) is 20.5. The lowest BCUT2D eigenvalue weighted by Gasteiger charge is -2.12. The van der Waals surface area contributed by atoms with E-state index in [0.29, 0.717) is 27.6 Å². The SMILES string of the molecule is O=C(Nc1cccc(Nc2cc3c(cc2Cl)C(=O)NC3=O)c1)c1cccc(Br)c1. The number of fused-ring (bicyclic) bond motifs is 1. The van der Waals surface area contributed by atoms with Gasteiger partial charge in [-0.05, 0) is 48.5 Å². The largest absolute Gasteiger partial charge is 0.354 e. The van der Waals surface area contributed by atoms with Crippen molar-refractivity contribution in [3.63, 3.8) is 0 Å². The van der Waals surface area contributed by atoms with Crippen LogP contribution in [0.1, 0.15) is 31.1 Å². The first-order valence-corrected chi connectivity index (χ1v) is 9.71. The zero-order valence-electron chi connectivity index (χ0n) is 14.8. The van der Waals surface area contributed by atoms with Gasteiger partial charge in [0.2, 0.25) is 0 Å². The van der Waals surface area contributed by atoms with Gasteiger partial charge in [-0.3, -0.25) is 19.7 Å². The highest BCUT2D eigenvalue weighted by atomic mass is 79.9. The molecule has 0 aliphatic carbocycles. The van der Waals surface area contributed by atoms with Gasteiger partial charge in [0.1, 0.15) is 0 Å². The van der Waals surface area contributed by atoms with Crippen LogP contribution in [0.15, 0.2) is 65.1 Å². The van der Waals surface area contributed by atoms with E-state index in [-0.39, 0.29) is 17.0 Å². The van der Waals surface area contributed by atoms with Crippen molar-refractivity contribution in [1.29, 1.82) is 0 Å². The minimum atomic E-state index is -0.462. The molecule has 3 N–H and O–H groups in total. The van der Waals surface area contributed by atoms with Crippen LogP contribution in [0.25, 0.3) is 0 Å². The van der Waals surface area contributed by atoms with Crippen molar-refractivity contribution in [3.05, 3.63) is 86.8 Å². The normalized spacial score (nSPS) is 12.3. The zero-order valence-corrected chi connectivity index (χ0v) is 17.1. The summed E-state index contributed by atoms with van der Waals surface area (Å²) < 4.78 is 0.814. The van der Waals surface area contributed by atoms with E-state index in [1.165, 1.54) is 12.1 Å². The molecular formula is C21H13BrClN3O3. The molecule has 3 aromatic carbocycles. The quantitative estimate of drug-likeness (QED) is 0.469. The molecule has 0 saturated heterocycles. The van der Waals surface area contributed by atoms with Crippen molar-refractivity contribution >= 4 is 62.3 Å². The van der Waals surface area contributed by atoms with Crippen LogP contribution in [0.2, 0.25) is 5.02 Å². The number of benzene rings is 3. The molecule has 0 aromatic heterocycles. The lowest BCUT2D eigenvalue weighted by molar-refractivity contribution is 0.0878. The number of hydrogen-bond donors (Lipinski definition) is 3. The molecule has 0 atom stereocenters. The Morgan fingerprint density at radius 2 is 1.59 bits per heavy atom. The highest BCUT2D eigenvalue weighted by molar-refractivity contribution is 9.10. The molecular weight excluding hydrogens is 458 g/mol. The smallest absolute Gasteiger partial charge is 0.259 e. The maximum Gasteiger partial charge on any atom is 0.259 e. The minimum Gasteiger partial charge on any atom is -0.354 e. The summed E-state index contributed by atoms with van der Waals surface area (Å²) in [4.78, 5) is 36.0. The first kappa shape index (κ1) is 19.2. The summed E-state index contributed by atoms with van der Waals surface area (Å²) in [6, 6.07) is 17.1. The summed E-state index contributed by atoms with van der Waals surface area (Å²) in [6.45, 7) is 0. The van der Waals surface area contributed by atoms with Gasteiger partial charge in [-0.25, -0.2) is 0 Å². The Morgan fingerprint density at radius 3 is 2.34 bits per heavy atom. The highest BCUT2D eigenvalue weighted by Crippen LogP contribution is 2.31. The van der Waals surface area contributed by atoms with Crippen molar-refractivity contribution < 1.29 is 14.4 Å². The lowest BCUT2D eigenvalue weighted by Crippen LogP contribution is -2.19. The molecule has 29 heavy (non-hydrogen) atoms. The summed E-state index contributed by atoms with van der Waals surface area (Å²) in [5.41, 5.74) is 2.76. The van der Waals surface area contributed by atoms with E-state index in [1.54, 1.807) is 42.5 Å². The van der Waals surface area contributed by atoms with E-state index in [9.17, 15) is 14.4 Å². The maximum atomic E-state index is 12.4. The summed E-state index contributed by atoms with van der Waals surface area (Å²) in [5, 5.41) is 8.50. The fourth-order valence-electron chi connectivity index (χ4n) is 2.95. The van der Waals surface area contributed by atoms with E-state index in [2.05, 4.69) is 31.9 Å². The average Bonchev–Trinajstić information content (AvgIpc) is 2.95. The molecule has 0 fully saturated rings. The Labute approximate surface area is 179 Å². The summed E-state index contributed by atoms with van der Waals surface area (Å²) in [7, 11) is 0. The number of carbonyl (C=O) groups excluding carboxylic acids is 3. The Morgan fingerprint density at radius 1 is 0.897 bits per heavy atom. The Kier molecular flexibility index (Phi) is 5.08. The van der Waals surface area contributed by atoms with Crippen LogP contribution < -0.4 is 16.0 Å². The van der Waals surface area contributed by atoms with Crippen molar-refractivity contribution in [2.45, 2.75) is 0 Å². The molecule has 0 saturated carbocycles. The van der Waals surface area contributed by atoms with Gasteiger partial charge in [0.05, 0.1) is 21.8 Å². The number of rotatable bonds is 4. The highest BCUT2D eigenvalue weighted by Gasteiger charge is 2.28. The number of imide groups is 1. The van der Waals surface area contributed by atoms with Crippen molar-refractivity contribution in [2.75, 3.05) is 10.6 Å². The molecule has 4 rings (SSSR count). The predicted molar refractivity (Wildman–Crippen MR) is 115 cm³/mol. The van der Waals surface area contributed by atoms with E-state index in [1.807, 2.05) is 6.07 Å². The van der Waals surface area contributed by atoms with Gasteiger partial charge in [-0.1, -0.05) is 39.7 Å². The van der Waals surface area contributed by atoms with Crippen molar-refractivity contribution in [3.8, 4) is 0 Å². The number of halogens is 2. The summed E-state index contributed by atoms with van der Waals surface area (Å²) >= 11 is 9.61. The molecule has 0 unspecified atom stereocenters. The molecule has 0 spiro atoms. The van der Waals surface area contributed by atoms with Gasteiger partial charge >= 0.3 is 0 Å². The topological polar surface area (TPSA) is 87.3 Å². The number of nitrogens with one attached hydrogen (secondary N) is 3. The molecule has 0 radical (unpaired) electrons. The molecule has 8 heteroatoms. The average molecular weight is 471 g/mol. The van der Waals surface area contributed by atoms with Gasteiger partial charge in [-0.15, -0.1) is 0 Å². The maximum absolute atomic E-state index is 12.4. The second-order valence-corrected chi connectivity index (χ2v) is 7.65. The van der Waals surface area contributed by atoms with Gasteiger partial charge in [-0.2, -0.15) is 0 Å². The fraction of sp³-hybridized carbons (Fsp3) is 0. The molecule has 6 nitrogen and oxygen atoms in total. The van der Waals surface area contributed by atoms with Crippen LogP contribution in [-0.4, -0.2) is 17.7 Å². The van der Waals surface area contributed by atoms with E-state index >= 15 is 0 Å². The second-order valence-electron chi connectivity index (χ2n) is 6.33. The number of anilines is 3. The lowest BCUT2D eigenvalue weighted by atomic mass is 10.1. The van der Waals surface area contributed by atoms with Crippen LogP contribution in [0, 0.1) is 0 Å². The van der Waals surface area contributed by atoms with Gasteiger partial charge < -0.3 is 10.6 Å². The van der Waals surface area contributed by atoms with Crippen LogP contribution >= 0.6 is 27.5 Å². The first-order chi connectivity index (χ1) is 13.9. The van der Waals surface area contributed by atoms with Crippen LogP contribution in [0.5, 0.6) is 0 Å². The Balaban J connectivity index is 1.56. The molecule has 3 amide bonds. The molecule has 1 aliphatic rings. The molecule has 144 valence electrons. The van der Waals surface area contributed by atoms with Crippen LogP contribution in [0.3, 0.4) is 0 Å². The third-order valence-electron chi connectivity index (χ3n) is 4.31. The minimum absolute atomic E-state index is 0.241. The van der Waals surface area contributed by atoms with E-state index < -0.39 is 11.8 Å². The standard InChI is InChI=1S/C21H13BrClN3O3/c22-12-4-1-3-11(7-12)19(27)25-14-6-2-5-13(8-14)24-18-10-16-15(9-17(18)23)20(28)26-21(16)29/h1-10,24H,(H,25,27)(H,26,28,29). The molecule has 1 aliphatic heterocycles. The van der Waals surface area contributed by atoms with Gasteiger partial charge in [0.25, 0.3) is 17.7 Å². The number of amides is 3. The van der Waals surface area contributed by atoms with E-state index in [4.69, 9.17) is 11.6 Å². The molecule has 0 bridgehead atoms. The van der Waals surface area contributed by atoms with Crippen LogP contribution in [-0.2, 0) is 0 Å². The Bertz CT molecular complexity index is 1180. The Hall–Kier alpha value is -3.16. The number of hydrogen-bond acceptors (Lipinski definition) is 4. The third-order valence-corrected chi connectivity index (χ3v) is 5.12. The molecule has 3 aromatic rings. The summed E-state index contributed by atoms with van der Waals surface area (Å²) in [5.74, 6) is -1.16. The van der Waals surface area contributed by atoms with Crippen molar-refractivity contribution in [1.82, 2.24) is 5.32 Å². The summed E-state index contributed by atoms with van der Waals surface area (Å²) in [6.07, 6.45) is 0. The number of carbonyl (C=O) groups is 3. The third kappa shape index (κ3) is 4.01. The van der Waals surface area contributed by atoms with E-state index in [0.717, 1.165) is 4.47 Å². The second kappa shape index (κ2) is 7.69. The first-order valence-electron chi connectivity index (χ1n) is 8.54. The predicted octanol–water partition coefficient (Wildman–Crippen LogP) is 4.98. The van der Waals surface area contributed by atoms with Crippen molar-refractivity contribution in [2.24, 2.45) is 0 Å². The van der Waals surface area contributed by atoms with Gasteiger partial charge in [0, 0.05) is 21.4 Å². The molecule has 1 heterocycles. The monoisotopic (exact) mass is 469 g/mol. The van der Waals surface area contributed by atoms with Gasteiger partial charge in [0.15, 0.2) is 0 Å². The fourth-order valence-corrected chi connectivity index (χ4v) is 3.56.